The van der Waals surface area contributed by atoms with E-state index in [9.17, 15) is 13.2 Å². The van der Waals surface area contributed by atoms with Gasteiger partial charge in [-0.2, -0.15) is 8.42 Å². The lowest BCUT2D eigenvalue weighted by Crippen LogP contribution is -2.54. The van der Waals surface area contributed by atoms with Gasteiger partial charge in [0, 0.05) is 13.1 Å². The van der Waals surface area contributed by atoms with Crippen LogP contribution in [0, 0.1) is 0 Å². The minimum Gasteiger partial charge on any atom is -0.445 e. The van der Waals surface area contributed by atoms with Crippen LogP contribution in [0.3, 0.4) is 0 Å². The number of hydrogen-bond donors (Lipinski definition) is 1. The molecule has 1 saturated heterocycles. The lowest BCUT2D eigenvalue weighted by molar-refractivity contribution is 0.0557. The number of amides is 1. The van der Waals surface area contributed by atoms with E-state index in [0.717, 1.165) is 5.56 Å². The van der Waals surface area contributed by atoms with Gasteiger partial charge in [0.25, 0.3) is 10.1 Å². The molecule has 1 amide bonds. The second-order valence-electron chi connectivity index (χ2n) is 6.76. The first-order valence-corrected chi connectivity index (χ1v) is 10.7. The highest BCUT2D eigenvalue weighted by atomic mass is 32.2. The molecule has 1 aliphatic heterocycles. The number of hydrogen-bond acceptors (Lipinski definition) is 6. The molecule has 7 nitrogen and oxygen atoms in total. The second-order valence-corrected chi connectivity index (χ2v) is 8.36. The van der Waals surface area contributed by atoms with Gasteiger partial charge in [-0.15, -0.1) is 0 Å². The van der Waals surface area contributed by atoms with Crippen LogP contribution in [0.5, 0.6) is 0 Å². The average Bonchev–Trinajstić information content (AvgIpc) is 2.69. The number of likely N-dealkylation sites (tertiary alicyclic amines) is 1. The number of rotatable bonds is 6. The highest BCUT2D eigenvalue weighted by Crippen LogP contribution is 2.19. The molecule has 150 valence electrons. The van der Waals surface area contributed by atoms with Crippen LogP contribution >= 0.6 is 0 Å². The number of piperidine rings is 1. The molecule has 2 atom stereocenters. The van der Waals surface area contributed by atoms with E-state index in [4.69, 9.17) is 14.7 Å². The summed E-state index contributed by atoms with van der Waals surface area (Å²) in [6.45, 7) is 0.683. The predicted molar refractivity (Wildman–Crippen MR) is 105 cm³/mol. The maximum atomic E-state index is 12.3. The average molecular weight is 404 g/mol. The van der Waals surface area contributed by atoms with Gasteiger partial charge in [-0.05, 0) is 17.5 Å². The van der Waals surface area contributed by atoms with Crippen molar-refractivity contribution in [2.24, 2.45) is 5.73 Å². The first kappa shape index (κ1) is 20.3. The number of nitrogens with two attached hydrogens (primary N) is 1. The highest BCUT2D eigenvalue weighted by Gasteiger charge is 2.33. The van der Waals surface area contributed by atoms with E-state index in [1.165, 1.54) is 4.90 Å². The van der Waals surface area contributed by atoms with Crippen molar-refractivity contribution >= 4 is 16.2 Å². The van der Waals surface area contributed by atoms with Crippen LogP contribution in [0.2, 0.25) is 0 Å². The quantitative estimate of drug-likeness (QED) is 0.742. The fraction of sp³-hybridized carbons (Fsp3) is 0.350. The monoisotopic (exact) mass is 404 g/mol. The zero-order valence-electron chi connectivity index (χ0n) is 15.4. The molecule has 0 aliphatic carbocycles. The first-order chi connectivity index (χ1) is 13.4. The van der Waals surface area contributed by atoms with Gasteiger partial charge in [-0.25, -0.2) is 4.79 Å². The van der Waals surface area contributed by atoms with Gasteiger partial charge in [0.2, 0.25) is 0 Å². The molecule has 1 heterocycles. The Morgan fingerprint density at radius 2 is 1.64 bits per heavy atom. The molecule has 2 N–H and O–H groups in total. The molecule has 2 aromatic rings. The Bertz CT molecular complexity index is 874. The predicted octanol–water partition coefficient (Wildman–Crippen LogP) is 2.27. The van der Waals surface area contributed by atoms with Crippen LogP contribution in [-0.2, 0) is 31.4 Å². The third-order valence-corrected chi connectivity index (χ3v) is 5.74. The molecule has 0 bridgehead atoms. The summed E-state index contributed by atoms with van der Waals surface area (Å²) in [7, 11) is -3.77. The summed E-state index contributed by atoms with van der Waals surface area (Å²) in [6.07, 6.45) is -0.799. The van der Waals surface area contributed by atoms with Crippen LogP contribution in [-0.4, -0.2) is 44.6 Å². The summed E-state index contributed by atoms with van der Waals surface area (Å²) in [6, 6.07) is 17.6. The van der Waals surface area contributed by atoms with Gasteiger partial charge in [0.05, 0.1) is 12.1 Å². The van der Waals surface area contributed by atoms with Gasteiger partial charge in [-0.3, -0.25) is 4.18 Å². The molecule has 0 spiro atoms. The van der Waals surface area contributed by atoms with Gasteiger partial charge in [0.1, 0.15) is 12.4 Å². The van der Waals surface area contributed by atoms with E-state index in [1.807, 2.05) is 36.4 Å². The first-order valence-electron chi connectivity index (χ1n) is 9.09. The molecule has 3 rings (SSSR count). The summed E-state index contributed by atoms with van der Waals surface area (Å²) in [4.78, 5) is 13.7. The summed E-state index contributed by atoms with van der Waals surface area (Å²) < 4.78 is 35.2. The van der Waals surface area contributed by atoms with E-state index in [0.29, 0.717) is 18.5 Å². The van der Waals surface area contributed by atoms with Crippen LogP contribution in [0.15, 0.2) is 60.7 Å². The van der Waals surface area contributed by atoms with Crippen LogP contribution in [0.1, 0.15) is 17.5 Å². The van der Waals surface area contributed by atoms with E-state index >= 15 is 0 Å². The minimum absolute atomic E-state index is 0.177. The highest BCUT2D eigenvalue weighted by molar-refractivity contribution is 7.85. The molecule has 0 aromatic heterocycles. The van der Waals surface area contributed by atoms with E-state index in [-0.39, 0.29) is 18.9 Å². The number of carbonyl (C=O) groups is 1. The van der Waals surface area contributed by atoms with Crippen molar-refractivity contribution in [1.82, 2.24) is 4.90 Å². The third kappa shape index (κ3) is 5.79. The fourth-order valence-electron chi connectivity index (χ4n) is 3.06. The van der Waals surface area contributed by atoms with Gasteiger partial charge >= 0.3 is 6.09 Å². The Balaban J connectivity index is 1.49. The molecule has 1 fully saturated rings. The fourth-order valence-corrected chi connectivity index (χ4v) is 4.34. The lowest BCUT2D eigenvalue weighted by Gasteiger charge is -2.35. The van der Waals surface area contributed by atoms with Crippen molar-refractivity contribution in [1.29, 1.82) is 0 Å². The van der Waals surface area contributed by atoms with Crippen molar-refractivity contribution in [3.8, 4) is 0 Å². The molecule has 0 saturated carbocycles. The van der Waals surface area contributed by atoms with E-state index < -0.39 is 28.4 Å². The summed E-state index contributed by atoms with van der Waals surface area (Å²) in [5.74, 6) is -0.208. The Hall–Kier alpha value is -2.42. The molecule has 1 aliphatic rings. The second kappa shape index (κ2) is 9.18. The third-order valence-electron chi connectivity index (χ3n) is 4.51. The number of carbonyl (C=O) groups excluding carboxylic acids is 1. The Morgan fingerprint density at radius 1 is 1.04 bits per heavy atom. The molecule has 2 unspecified atom stereocenters. The van der Waals surface area contributed by atoms with Crippen LogP contribution in [0.4, 0.5) is 4.79 Å². The van der Waals surface area contributed by atoms with Crippen molar-refractivity contribution in [3.05, 3.63) is 71.8 Å². The van der Waals surface area contributed by atoms with Crippen molar-refractivity contribution < 1.29 is 22.1 Å². The SMILES string of the molecule is NC1CN(C(=O)OCc2ccccc2)CCC1OS(=O)(=O)Cc1ccccc1. The molecule has 2 aromatic carbocycles. The topological polar surface area (TPSA) is 98.9 Å². The normalized spacial score (nSPS) is 20.0. The Labute approximate surface area is 165 Å². The maximum absolute atomic E-state index is 12.3. The van der Waals surface area contributed by atoms with Gasteiger partial charge in [0.15, 0.2) is 0 Å². The lowest BCUT2D eigenvalue weighted by atomic mass is 10.0. The molecule has 28 heavy (non-hydrogen) atoms. The van der Waals surface area contributed by atoms with Gasteiger partial charge in [-0.1, -0.05) is 60.7 Å². The summed E-state index contributed by atoms with van der Waals surface area (Å²) in [5.41, 5.74) is 7.62. The zero-order valence-corrected chi connectivity index (χ0v) is 16.3. The van der Waals surface area contributed by atoms with E-state index in [2.05, 4.69) is 0 Å². The molecular formula is C20H24N2O5S. The van der Waals surface area contributed by atoms with Crippen molar-refractivity contribution in [3.63, 3.8) is 0 Å². The van der Waals surface area contributed by atoms with Crippen LogP contribution < -0.4 is 5.73 Å². The Morgan fingerprint density at radius 3 is 2.25 bits per heavy atom. The standard InChI is InChI=1S/C20H24N2O5S/c21-18-13-22(20(23)26-14-16-7-3-1-4-8-16)12-11-19(18)27-28(24,25)15-17-9-5-2-6-10-17/h1-10,18-19H,11-15,21H2. The van der Waals surface area contributed by atoms with Gasteiger partial charge < -0.3 is 15.4 Å². The zero-order chi connectivity index (χ0) is 20.0. The van der Waals surface area contributed by atoms with E-state index in [1.54, 1.807) is 24.3 Å². The van der Waals surface area contributed by atoms with Crippen molar-refractivity contribution in [2.45, 2.75) is 30.9 Å². The number of benzene rings is 2. The summed E-state index contributed by atoms with van der Waals surface area (Å²) in [5, 5.41) is 0. The minimum atomic E-state index is -3.77. The number of ether oxygens (including phenoxy) is 1. The summed E-state index contributed by atoms with van der Waals surface area (Å²) >= 11 is 0. The maximum Gasteiger partial charge on any atom is 0.410 e. The van der Waals surface area contributed by atoms with Crippen LogP contribution in [0.25, 0.3) is 0 Å². The molecule has 8 heteroatoms. The number of nitrogens with zero attached hydrogens (tertiary/aromatic N) is 1. The molecule has 0 radical (unpaired) electrons. The molecular weight excluding hydrogens is 380 g/mol. The Kier molecular flexibility index (Phi) is 6.66. The van der Waals surface area contributed by atoms with Crippen molar-refractivity contribution in [2.75, 3.05) is 13.1 Å². The largest absolute Gasteiger partial charge is 0.445 e. The smallest absolute Gasteiger partial charge is 0.410 e.